The molecule has 0 unspecified atom stereocenters. The van der Waals surface area contributed by atoms with Gasteiger partial charge < -0.3 is 15.0 Å². The maximum atomic E-state index is 12.6. The van der Waals surface area contributed by atoms with Crippen molar-refractivity contribution in [3.8, 4) is 5.75 Å². The fraction of sp³-hybridized carbons (Fsp3) is 0.391. The first-order valence-electron chi connectivity index (χ1n) is 9.91. The van der Waals surface area contributed by atoms with Gasteiger partial charge in [-0.25, -0.2) is 0 Å². The molecule has 28 heavy (non-hydrogen) atoms. The van der Waals surface area contributed by atoms with E-state index in [-0.39, 0.29) is 18.2 Å². The molecule has 0 fully saturated rings. The number of ether oxygens (including phenoxy) is 1. The summed E-state index contributed by atoms with van der Waals surface area (Å²) in [4.78, 5) is 26.3. The Morgan fingerprint density at radius 2 is 1.57 bits per heavy atom. The van der Waals surface area contributed by atoms with Crippen LogP contribution in [0.4, 0.5) is 11.4 Å². The summed E-state index contributed by atoms with van der Waals surface area (Å²) in [5.74, 6) is 0.573. The van der Waals surface area contributed by atoms with Crippen molar-refractivity contribution in [3.05, 3.63) is 53.6 Å². The minimum absolute atomic E-state index is 0.0900. The molecule has 0 saturated carbocycles. The van der Waals surface area contributed by atoms with Crippen LogP contribution in [0.5, 0.6) is 5.75 Å². The molecule has 0 spiro atoms. The van der Waals surface area contributed by atoms with E-state index in [1.54, 1.807) is 4.90 Å². The number of nitrogens with zero attached hydrogens (tertiary/aromatic N) is 1. The van der Waals surface area contributed by atoms with Crippen LogP contribution in [0, 0.1) is 0 Å². The lowest BCUT2D eigenvalue weighted by Crippen LogP contribution is -2.32. The van der Waals surface area contributed by atoms with E-state index in [1.807, 2.05) is 49.4 Å². The maximum Gasteiger partial charge on any atom is 0.226 e. The zero-order valence-corrected chi connectivity index (χ0v) is 17.2. The summed E-state index contributed by atoms with van der Waals surface area (Å²) >= 11 is 0. The Labute approximate surface area is 167 Å². The third kappa shape index (κ3) is 5.59. The number of anilines is 2. The predicted octanol–water partition coefficient (Wildman–Crippen LogP) is 4.59. The third-order valence-corrected chi connectivity index (χ3v) is 4.67. The minimum atomic E-state index is -0.0971. The van der Waals surface area contributed by atoms with Gasteiger partial charge in [-0.1, -0.05) is 32.0 Å². The largest absolute Gasteiger partial charge is 0.494 e. The first-order valence-corrected chi connectivity index (χ1v) is 9.91. The first kappa shape index (κ1) is 21.5. The number of carbonyl (C=O) groups excluding carboxylic acids is 2. The van der Waals surface area contributed by atoms with Gasteiger partial charge in [0.1, 0.15) is 5.75 Å². The fourth-order valence-electron chi connectivity index (χ4n) is 3.18. The van der Waals surface area contributed by atoms with Crippen LogP contribution in [0.3, 0.4) is 0 Å². The molecule has 2 aromatic rings. The van der Waals surface area contributed by atoms with Crippen LogP contribution in [0.2, 0.25) is 0 Å². The standard InChI is InChI=1S/C23H30N2O3/c1-5-18-9-8-10-19(6-2)23(18)24-22(27)15-16-25(17(4)26)20-11-13-21(14-12-20)28-7-3/h8-14H,5-7,15-16H2,1-4H3,(H,24,27). The Morgan fingerprint density at radius 1 is 0.964 bits per heavy atom. The predicted molar refractivity (Wildman–Crippen MR) is 114 cm³/mol. The highest BCUT2D eigenvalue weighted by Crippen LogP contribution is 2.23. The van der Waals surface area contributed by atoms with Crippen molar-refractivity contribution in [2.45, 2.75) is 47.0 Å². The molecule has 0 atom stereocenters. The number of para-hydroxylation sites is 1. The number of carbonyl (C=O) groups is 2. The lowest BCUT2D eigenvalue weighted by molar-refractivity contribution is -0.117. The van der Waals surface area contributed by atoms with E-state index in [1.165, 1.54) is 6.92 Å². The second-order valence-electron chi connectivity index (χ2n) is 6.55. The molecule has 0 bridgehead atoms. The number of nitrogens with one attached hydrogen (secondary N) is 1. The van der Waals surface area contributed by atoms with Crippen LogP contribution < -0.4 is 15.0 Å². The molecule has 0 saturated heterocycles. The smallest absolute Gasteiger partial charge is 0.226 e. The Hall–Kier alpha value is -2.82. The highest BCUT2D eigenvalue weighted by Gasteiger charge is 2.15. The Kier molecular flexibility index (Phi) is 8.05. The number of rotatable bonds is 9. The molecule has 0 aliphatic rings. The van der Waals surface area contributed by atoms with E-state index in [2.05, 4.69) is 19.2 Å². The average Bonchev–Trinajstić information content (AvgIpc) is 2.69. The van der Waals surface area contributed by atoms with Gasteiger partial charge in [-0.05, 0) is 55.2 Å². The number of hydrogen-bond donors (Lipinski definition) is 1. The molecule has 2 amide bonds. The van der Waals surface area contributed by atoms with E-state index in [9.17, 15) is 9.59 Å². The van der Waals surface area contributed by atoms with Crippen LogP contribution in [0.15, 0.2) is 42.5 Å². The second kappa shape index (κ2) is 10.5. The van der Waals surface area contributed by atoms with Crippen molar-refractivity contribution in [2.24, 2.45) is 0 Å². The summed E-state index contributed by atoms with van der Waals surface area (Å²) in [5.41, 5.74) is 3.92. The molecule has 5 heteroatoms. The third-order valence-electron chi connectivity index (χ3n) is 4.67. The number of hydrogen-bond acceptors (Lipinski definition) is 3. The SMILES string of the molecule is CCOc1ccc(N(CCC(=O)Nc2c(CC)cccc2CC)C(C)=O)cc1. The summed E-state index contributed by atoms with van der Waals surface area (Å²) in [5, 5.41) is 3.06. The van der Waals surface area contributed by atoms with E-state index in [4.69, 9.17) is 4.74 Å². The van der Waals surface area contributed by atoms with Gasteiger partial charge in [0.2, 0.25) is 11.8 Å². The van der Waals surface area contributed by atoms with E-state index in [0.29, 0.717) is 13.2 Å². The summed E-state index contributed by atoms with van der Waals surface area (Å²) in [6, 6.07) is 13.4. The Balaban J connectivity index is 2.06. The molecular weight excluding hydrogens is 352 g/mol. The summed E-state index contributed by atoms with van der Waals surface area (Å²) in [7, 11) is 0. The van der Waals surface area contributed by atoms with Crippen molar-refractivity contribution in [1.82, 2.24) is 0 Å². The topological polar surface area (TPSA) is 58.6 Å². The highest BCUT2D eigenvalue weighted by atomic mass is 16.5. The van der Waals surface area contributed by atoms with Crippen LogP contribution in [-0.4, -0.2) is 25.0 Å². The second-order valence-corrected chi connectivity index (χ2v) is 6.55. The molecule has 0 aromatic heterocycles. The van der Waals surface area contributed by atoms with Crippen molar-refractivity contribution in [3.63, 3.8) is 0 Å². The van der Waals surface area contributed by atoms with Gasteiger partial charge in [-0.2, -0.15) is 0 Å². The zero-order chi connectivity index (χ0) is 20.5. The Morgan fingerprint density at radius 3 is 2.07 bits per heavy atom. The van der Waals surface area contributed by atoms with Gasteiger partial charge >= 0.3 is 0 Å². The molecule has 150 valence electrons. The average molecular weight is 383 g/mol. The van der Waals surface area contributed by atoms with Crippen molar-refractivity contribution >= 4 is 23.2 Å². The van der Waals surface area contributed by atoms with Crippen LogP contribution >= 0.6 is 0 Å². The van der Waals surface area contributed by atoms with Gasteiger partial charge in [-0.3, -0.25) is 9.59 Å². The van der Waals surface area contributed by atoms with E-state index < -0.39 is 0 Å². The van der Waals surface area contributed by atoms with Gasteiger partial charge in [0.25, 0.3) is 0 Å². The zero-order valence-electron chi connectivity index (χ0n) is 17.2. The summed E-state index contributed by atoms with van der Waals surface area (Å²) in [6.45, 7) is 8.51. The summed E-state index contributed by atoms with van der Waals surface area (Å²) < 4.78 is 5.44. The molecule has 0 heterocycles. The molecule has 1 N–H and O–H groups in total. The maximum absolute atomic E-state index is 12.6. The molecule has 2 aromatic carbocycles. The van der Waals surface area contributed by atoms with Crippen molar-refractivity contribution < 1.29 is 14.3 Å². The Bertz CT molecular complexity index is 778. The van der Waals surface area contributed by atoms with Crippen LogP contribution in [-0.2, 0) is 22.4 Å². The molecule has 0 radical (unpaired) electrons. The van der Waals surface area contributed by atoms with Gasteiger partial charge in [0, 0.05) is 31.3 Å². The molecule has 5 nitrogen and oxygen atoms in total. The van der Waals surface area contributed by atoms with Crippen molar-refractivity contribution in [1.29, 1.82) is 0 Å². The van der Waals surface area contributed by atoms with Crippen LogP contribution in [0.25, 0.3) is 0 Å². The molecule has 0 aliphatic carbocycles. The molecular formula is C23H30N2O3. The van der Waals surface area contributed by atoms with Crippen LogP contribution in [0.1, 0.15) is 45.2 Å². The highest BCUT2D eigenvalue weighted by molar-refractivity contribution is 5.95. The van der Waals surface area contributed by atoms with Gasteiger partial charge in [0.05, 0.1) is 6.61 Å². The van der Waals surface area contributed by atoms with E-state index in [0.717, 1.165) is 41.1 Å². The first-order chi connectivity index (χ1) is 13.5. The van der Waals surface area contributed by atoms with E-state index >= 15 is 0 Å². The minimum Gasteiger partial charge on any atom is -0.494 e. The quantitative estimate of drug-likeness (QED) is 0.690. The molecule has 2 rings (SSSR count). The monoisotopic (exact) mass is 382 g/mol. The fourth-order valence-corrected chi connectivity index (χ4v) is 3.18. The lowest BCUT2D eigenvalue weighted by Gasteiger charge is -2.22. The van der Waals surface area contributed by atoms with Gasteiger partial charge in [0.15, 0.2) is 0 Å². The normalized spacial score (nSPS) is 10.4. The lowest BCUT2D eigenvalue weighted by atomic mass is 10.0. The van der Waals surface area contributed by atoms with Crippen molar-refractivity contribution in [2.75, 3.05) is 23.4 Å². The summed E-state index contributed by atoms with van der Waals surface area (Å²) in [6.07, 6.45) is 1.94. The van der Waals surface area contributed by atoms with Gasteiger partial charge in [-0.15, -0.1) is 0 Å². The molecule has 0 aliphatic heterocycles. The number of aryl methyl sites for hydroxylation is 2. The number of benzene rings is 2. The number of amides is 2.